The van der Waals surface area contributed by atoms with Gasteiger partial charge in [-0.3, -0.25) is 0 Å². The predicted molar refractivity (Wildman–Crippen MR) is 38.4 cm³/mol. The van der Waals surface area contributed by atoms with Crippen LogP contribution in [0.25, 0.3) is 0 Å². The molecule has 1 heteroatoms. The third-order valence-electron chi connectivity index (χ3n) is 2.81. The van der Waals surface area contributed by atoms with Gasteiger partial charge in [0.25, 0.3) is 0 Å². The maximum absolute atomic E-state index is 2.48. The van der Waals surface area contributed by atoms with Crippen LogP contribution in [0.5, 0.6) is 0 Å². The molecule has 0 amide bonds. The molecule has 1 aliphatic carbocycles. The summed E-state index contributed by atoms with van der Waals surface area (Å²) in [7, 11) is 2.25. The maximum Gasteiger partial charge on any atom is 0.00349 e. The topological polar surface area (TPSA) is 3.24 Å². The Labute approximate surface area is 57.0 Å². The molecule has 0 atom stereocenters. The number of likely N-dealkylation sites (tertiary alicyclic amines) is 1. The molecule has 1 nitrogen and oxygen atoms in total. The van der Waals surface area contributed by atoms with Gasteiger partial charge in [0, 0.05) is 6.54 Å². The van der Waals surface area contributed by atoms with Gasteiger partial charge in [0.2, 0.25) is 0 Å². The van der Waals surface area contributed by atoms with Gasteiger partial charge in [0.05, 0.1) is 0 Å². The van der Waals surface area contributed by atoms with Crippen molar-refractivity contribution in [3.05, 3.63) is 0 Å². The smallest absolute Gasteiger partial charge is 0.00349 e. The van der Waals surface area contributed by atoms with Crippen LogP contribution in [0.1, 0.15) is 25.7 Å². The molecule has 0 aromatic heterocycles. The molecule has 1 saturated heterocycles. The molecule has 0 unspecified atom stereocenters. The summed E-state index contributed by atoms with van der Waals surface area (Å²) >= 11 is 0. The van der Waals surface area contributed by atoms with E-state index in [2.05, 4.69) is 11.9 Å². The normalized spacial score (nSPS) is 33.0. The highest BCUT2D eigenvalue weighted by Crippen LogP contribution is 2.51. The van der Waals surface area contributed by atoms with Gasteiger partial charge < -0.3 is 4.90 Å². The van der Waals surface area contributed by atoms with Crippen LogP contribution in [0.2, 0.25) is 0 Å². The monoisotopic (exact) mass is 125 g/mol. The lowest BCUT2D eigenvalue weighted by atomic mass is 9.96. The van der Waals surface area contributed by atoms with E-state index >= 15 is 0 Å². The Balaban J connectivity index is 1.96. The van der Waals surface area contributed by atoms with E-state index in [-0.39, 0.29) is 0 Å². The standard InChI is InChI=1S/C8H15N/c1-9-6-2-3-8(7-9)4-5-8/h2-7H2,1H3. The summed E-state index contributed by atoms with van der Waals surface area (Å²) in [5.74, 6) is 0. The molecule has 2 fully saturated rings. The molecule has 0 aromatic rings. The average molecular weight is 125 g/mol. The van der Waals surface area contributed by atoms with E-state index < -0.39 is 0 Å². The summed E-state index contributed by atoms with van der Waals surface area (Å²) in [6, 6.07) is 0. The van der Waals surface area contributed by atoms with Crippen molar-refractivity contribution < 1.29 is 0 Å². The first kappa shape index (κ1) is 5.72. The lowest BCUT2D eigenvalue weighted by Crippen LogP contribution is -2.32. The first-order valence-electron chi connectivity index (χ1n) is 3.99. The summed E-state index contributed by atoms with van der Waals surface area (Å²) in [4.78, 5) is 2.48. The van der Waals surface area contributed by atoms with Crippen LogP contribution >= 0.6 is 0 Å². The van der Waals surface area contributed by atoms with E-state index in [4.69, 9.17) is 0 Å². The van der Waals surface area contributed by atoms with Crippen LogP contribution in [0, 0.1) is 5.41 Å². The number of piperidine rings is 1. The van der Waals surface area contributed by atoms with Crippen LogP contribution < -0.4 is 0 Å². The van der Waals surface area contributed by atoms with E-state index in [9.17, 15) is 0 Å². The van der Waals surface area contributed by atoms with E-state index in [0.29, 0.717) is 0 Å². The summed E-state index contributed by atoms with van der Waals surface area (Å²) in [5, 5.41) is 0. The first-order chi connectivity index (χ1) is 4.31. The highest BCUT2D eigenvalue weighted by molar-refractivity contribution is 4.97. The Bertz CT molecular complexity index is 116. The van der Waals surface area contributed by atoms with Crippen molar-refractivity contribution in [3.8, 4) is 0 Å². The second kappa shape index (κ2) is 1.72. The predicted octanol–water partition coefficient (Wildman–Crippen LogP) is 1.49. The number of nitrogens with zero attached hydrogens (tertiary/aromatic N) is 1. The van der Waals surface area contributed by atoms with Gasteiger partial charge >= 0.3 is 0 Å². The first-order valence-corrected chi connectivity index (χ1v) is 3.99. The third-order valence-corrected chi connectivity index (χ3v) is 2.81. The molecule has 0 bridgehead atoms. The molecular formula is C8H15N. The van der Waals surface area contributed by atoms with E-state index in [0.717, 1.165) is 5.41 Å². The largest absolute Gasteiger partial charge is 0.306 e. The minimum absolute atomic E-state index is 0.826. The highest BCUT2D eigenvalue weighted by Gasteiger charge is 2.44. The van der Waals surface area contributed by atoms with Crippen molar-refractivity contribution in [3.63, 3.8) is 0 Å². The van der Waals surface area contributed by atoms with Crippen LogP contribution in [0.15, 0.2) is 0 Å². The fraction of sp³-hybridized carbons (Fsp3) is 1.00. The van der Waals surface area contributed by atoms with Gasteiger partial charge in [0.1, 0.15) is 0 Å². The molecule has 2 rings (SSSR count). The zero-order chi connectivity index (χ0) is 6.32. The van der Waals surface area contributed by atoms with Crippen molar-refractivity contribution in [1.82, 2.24) is 4.90 Å². The number of rotatable bonds is 0. The van der Waals surface area contributed by atoms with Gasteiger partial charge in [-0.1, -0.05) is 0 Å². The lowest BCUT2D eigenvalue weighted by molar-refractivity contribution is 0.194. The summed E-state index contributed by atoms with van der Waals surface area (Å²) < 4.78 is 0. The Hall–Kier alpha value is -0.0400. The van der Waals surface area contributed by atoms with Crippen molar-refractivity contribution in [2.24, 2.45) is 5.41 Å². The van der Waals surface area contributed by atoms with E-state index in [1.54, 1.807) is 0 Å². The lowest BCUT2D eigenvalue weighted by Gasteiger charge is -2.29. The molecule has 1 heterocycles. The van der Waals surface area contributed by atoms with Gasteiger partial charge in [-0.05, 0) is 44.7 Å². The second-order valence-electron chi connectivity index (χ2n) is 3.84. The second-order valence-corrected chi connectivity index (χ2v) is 3.84. The van der Waals surface area contributed by atoms with Gasteiger partial charge in [-0.2, -0.15) is 0 Å². The molecule has 1 aliphatic heterocycles. The quantitative estimate of drug-likeness (QED) is 0.474. The average Bonchev–Trinajstić information content (AvgIpc) is 2.49. The molecule has 0 N–H and O–H groups in total. The fourth-order valence-corrected chi connectivity index (χ4v) is 2.04. The molecular weight excluding hydrogens is 110 g/mol. The summed E-state index contributed by atoms with van der Waals surface area (Å²) in [5.41, 5.74) is 0.826. The fourth-order valence-electron chi connectivity index (χ4n) is 2.04. The molecule has 52 valence electrons. The van der Waals surface area contributed by atoms with Crippen molar-refractivity contribution in [2.75, 3.05) is 20.1 Å². The molecule has 9 heavy (non-hydrogen) atoms. The maximum atomic E-state index is 2.48. The SMILES string of the molecule is CN1CCCC2(CC2)C1. The Morgan fingerprint density at radius 3 is 2.44 bits per heavy atom. The van der Waals surface area contributed by atoms with Crippen molar-refractivity contribution >= 4 is 0 Å². The molecule has 0 aromatic carbocycles. The van der Waals surface area contributed by atoms with Crippen LogP contribution in [0.4, 0.5) is 0 Å². The number of hydrogen-bond acceptors (Lipinski definition) is 1. The van der Waals surface area contributed by atoms with Crippen LogP contribution in [-0.4, -0.2) is 25.0 Å². The van der Waals surface area contributed by atoms with Crippen LogP contribution in [0.3, 0.4) is 0 Å². The molecule has 1 spiro atoms. The minimum Gasteiger partial charge on any atom is -0.306 e. The zero-order valence-corrected chi connectivity index (χ0v) is 6.19. The third kappa shape index (κ3) is 0.983. The molecule has 1 saturated carbocycles. The summed E-state index contributed by atoms with van der Waals surface area (Å²) in [6.45, 7) is 2.72. The Kier molecular flexibility index (Phi) is 1.10. The van der Waals surface area contributed by atoms with Gasteiger partial charge in [-0.15, -0.1) is 0 Å². The van der Waals surface area contributed by atoms with E-state index in [1.807, 2.05) is 0 Å². The Morgan fingerprint density at radius 1 is 1.22 bits per heavy atom. The Morgan fingerprint density at radius 2 is 2.00 bits per heavy atom. The van der Waals surface area contributed by atoms with Crippen molar-refractivity contribution in [1.29, 1.82) is 0 Å². The minimum atomic E-state index is 0.826. The highest BCUT2D eigenvalue weighted by atomic mass is 15.1. The number of hydrogen-bond donors (Lipinski definition) is 0. The van der Waals surface area contributed by atoms with Gasteiger partial charge in [-0.25, -0.2) is 0 Å². The summed E-state index contributed by atoms with van der Waals surface area (Å²) in [6.07, 6.45) is 5.97. The molecule has 0 radical (unpaired) electrons. The zero-order valence-electron chi connectivity index (χ0n) is 6.19. The van der Waals surface area contributed by atoms with Crippen LogP contribution in [-0.2, 0) is 0 Å². The van der Waals surface area contributed by atoms with Gasteiger partial charge in [0.15, 0.2) is 0 Å². The van der Waals surface area contributed by atoms with E-state index in [1.165, 1.54) is 38.8 Å². The van der Waals surface area contributed by atoms with Crippen molar-refractivity contribution in [2.45, 2.75) is 25.7 Å². The molecule has 2 aliphatic rings.